The molecule has 28 heavy (non-hydrogen) atoms. The van der Waals surface area contributed by atoms with E-state index in [9.17, 15) is 12.8 Å². The number of rotatable bonds is 4. The first-order chi connectivity index (χ1) is 13.4. The van der Waals surface area contributed by atoms with Crippen LogP contribution in [0.5, 0.6) is 0 Å². The molecule has 0 saturated heterocycles. The molecule has 0 aliphatic carbocycles. The molecule has 0 spiro atoms. The number of nitrogens with zero attached hydrogens (tertiary/aromatic N) is 3. The van der Waals surface area contributed by atoms with Crippen LogP contribution in [0.3, 0.4) is 0 Å². The third kappa shape index (κ3) is 3.03. The maximum Gasteiger partial charge on any atom is 0.268 e. The van der Waals surface area contributed by atoms with E-state index in [1.165, 1.54) is 30.5 Å². The molecule has 0 aliphatic rings. The normalized spacial score (nSPS) is 11.7. The molecule has 0 radical (unpaired) electrons. The van der Waals surface area contributed by atoms with Gasteiger partial charge in [-0.25, -0.2) is 21.8 Å². The topological polar surface area (TPSA) is 55.2 Å². The van der Waals surface area contributed by atoms with Crippen LogP contribution in [0.15, 0.2) is 78.0 Å². The molecule has 0 atom stereocenters. The minimum absolute atomic E-state index is 0.142. The van der Waals surface area contributed by atoms with Gasteiger partial charge in [-0.1, -0.05) is 18.2 Å². The van der Waals surface area contributed by atoms with Gasteiger partial charge in [-0.15, -0.1) is 0 Å². The Hall–Kier alpha value is -3.19. The summed E-state index contributed by atoms with van der Waals surface area (Å²) in [5, 5.41) is 0.639. The molecule has 2 heterocycles. The quantitative estimate of drug-likeness (QED) is 0.521. The van der Waals surface area contributed by atoms with E-state index in [4.69, 9.17) is 0 Å². The highest BCUT2D eigenvalue weighted by atomic mass is 32.2. The number of anilines is 1. The molecule has 0 N–H and O–H groups in total. The van der Waals surface area contributed by atoms with E-state index < -0.39 is 15.8 Å². The number of benzene rings is 2. The second kappa shape index (κ2) is 6.76. The van der Waals surface area contributed by atoms with Crippen molar-refractivity contribution in [2.75, 3.05) is 19.0 Å². The molecular formula is C21H18FN3O2S. The lowest BCUT2D eigenvalue weighted by molar-refractivity contribution is 0.589. The van der Waals surface area contributed by atoms with Crippen LogP contribution in [0.25, 0.3) is 22.0 Å². The number of halogens is 1. The average Bonchev–Trinajstić information content (AvgIpc) is 3.08. The summed E-state index contributed by atoms with van der Waals surface area (Å²) in [5.41, 5.74) is 1.71. The summed E-state index contributed by atoms with van der Waals surface area (Å²) in [4.78, 5) is 6.42. The Balaban J connectivity index is 1.95. The van der Waals surface area contributed by atoms with Crippen LogP contribution in [0.1, 0.15) is 0 Å². The smallest absolute Gasteiger partial charge is 0.268 e. The summed E-state index contributed by atoms with van der Waals surface area (Å²) < 4.78 is 41.4. The van der Waals surface area contributed by atoms with Crippen LogP contribution < -0.4 is 4.90 Å². The number of hydrogen-bond donors (Lipinski definition) is 0. The van der Waals surface area contributed by atoms with E-state index in [2.05, 4.69) is 4.98 Å². The molecule has 0 bridgehead atoms. The lowest BCUT2D eigenvalue weighted by atomic mass is 10.1. The SMILES string of the molecule is CN(C)c1ccc(-c2cn(S(=O)(=O)c3ccccc3)c3cc(F)ccc23)cn1. The highest BCUT2D eigenvalue weighted by Crippen LogP contribution is 2.33. The molecule has 0 saturated carbocycles. The van der Waals surface area contributed by atoms with Crippen molar-refractivity contribution in [1.82, 2.24) is 8.96 Å². The van der Waals surface area contributed by atoms with E-state index in [0.717, 1.165) is 15.4 Å². The predicted molar refractivity (Wildman–Crippen MR) is 108 cm³/mol. The van der Waals surface area contributed by atoms with Crippen LogP contribution in [0, 0.1) is 5.82 Å². The molecule has 2 aromatic carbocycles. The Morgan fingerprint density at radius 2 is 1.75 bits per heavy atom. The largest absolute Gasteiger partial charge is 0.363 e. The van der Waals surface area contributed by atoms with Crippen molar-refractivity contribution in [1.29, 1.82) is 0 Å². The summed E-state index contributed by atoms with van der Waals surface area (Å²) in [6.45, 7) is 0. The predicted octanol–water partition coefficient (Wildman–Crippen LogP) is 4.15. The van der Waals surface area contributed by atoms with Crippen molar-refractivity contribution in [2.24, 2.45) is 0 Å². The molecule has 4 aromatic rings. The fraction of sp³-hybridized carbons (Fsp3) is 0.0952. The third-order valence-electron chi connectivity index (χ3n) is 4.55. The number of fused-ring (bicyclic) bond motifs is 1. The van der Waals surface area contributed by atoms with E-state index >= 15 is 0 Å². The van der Waals surface area contributed by atoms with E-state index in [-0.39, 0.29) is 10.4 Å². The third-order valence-corrected chi connectivity index (χ3v) is 6.24. The summed E-state index contributed by atoms with van der Waals surface area (Å²) in [7, 11) is -0.0858. The summed E-state index contributed by atoms with van der Waals surface area (Å²) in [6, 6.07) is 16.0. The van der Waals surface area contributed by atoms with Gasteiger partial charge in [0, 0.05) is 43.0 Å². The fourth-order valence-electron chi connectivity index (χ4n) is 3.12. The van der Waals surface area contributed by atoms with Crippen LogP contribution in [-0.4, -0.2) is 31.5 Å². The van der Waals surface area contributed by atoms with Gasteiger partial charge in [0.2, 0.25) is 0 Å². The van der Waals surface area contributed by atoms with Gasteiger partial charge in [-0.05, 0) is 42.5 Å². The Kier molecular flexibility index (Phi) is 4.39. The van der Waals surface area contributed by atoms with Gasteiger partial charge in [0.15, 0.2) is 0 Å². The van der Waals surface area contributed by atoms with Crippen LogP contribution in [0.2, 0.25) is 0 Å². The second-order valence-corrected chi connectivity index (χ2v) is 8.43. The lowest BCUT2D eigenvalue weighted by Crippen LogP contribution is -2.11. The Bertz CT molecular complexity index is 1250. The summed E-state index contributed by atoms with van der Waals surface area (Å²) in [5.74, 6) is 0.290. The van der Waals surface area contributed by atoms with Crippen LogP contribution in [-0.2, 0) is 10.0 Å². The molecule has 142 valence electrons. The first-order valence-corrected chi connectivity index (χ1v) is 10.1. The number of pyridine rings is 1. The van der Waals surface area contributed by atoms with Gasteiger partial charge in [-0.3, -0.25) is 0 Å². The van der Waals surface area contributed by atoms with Crippen molar-refractivity contribution in [3.63, 3.8) is 0 Å². The van der Waals surface area contributed by atoms with Crippen LogP contribution in [0.4, 0.5) is 10.2 Å². The minimum Gasteiger partial charge on any atom is -0.363 e. The second-order valence-electron chi connectivity index (χ2n) is 6.62. The van der Waals surface area contributed by atoms with Crippen molar-refractivity contribution in [3.05, 3.63) is 78.9 Å². The molecule has 7 heteroatoms. The first-order valence-electron chi connectivity index (χ1n) is 8.63. The lowest BCUT2D eigenvalue weighted by Gasteiger charge is -2.11. The maximum absolute atomic E-state index is 13.9. The summed E-state index contributed by atoms with van der Waals surface area (Å²) >= 11 is 0. The Morgan fingerprint density at radius 3 is 2.39 bits per heavy atom. The zero-order valence-corrected chi connectivity index (χ0v) is 16.2. The van der Waals surface area contributed by atoms with Crippen molar-refractivity contribution < 1.29 is 12.8 Å². The maximum atomic E-state index is 13.9. The van der Waals surface area contributed by atoms with Gasteiger partial charge in [-0.2, -0.15) is 0 Å². The first kappa shape index (κ1) is 18.2. The molecule has 0 fully saturated rings. The van der Waals surface area contributed by atoms with Crippen molar-refractivity contribution in [3.8, 4) is 11.1 Å². The number of aromatic nitrogens is 2. The molecule has 2 aromatic heterocycles. The van der Waals surface area contributed by atoms with Gasteiger partial charge in [0.05, 0.1) is 10.4 Å². The molecule has 0 amide bonds. The van der Waals surface area contributed by atoms with E-state index in [1.807, 2.05) is 31.1 Å². The average molecular weight is 395 g/mol. The van der Waals surface area contributed by atoms with Gasteiger partial charge >= 0.3 is 0 Å². The minimum atomic E-state index is -3.87. The Morgan fingerprint density at radius 1 is 1.00 bits per heavy atom. The van der Waals surface area contributed by atoms with Gasteiger partial charge < -0.3 is 4.90 Å². The van der Waals surface area contributed by atoms with Crippen molar-refractivity contribution in [2.45, 2.75) is 4.90 Å². The monoisotopic (exact) mass is 395 g/mol. The fourth-order valence-corrected chi connectivity index (χ4v) is 4.50. The summed E-state index contributed by atoms with van der Waals surface area (Å²) in [6.07, 6.45) is 3.21. The van der Waals surface area contributed by atoms with Gasteiger partial charge in [0.25, 0.3) is 10.0 Å². The zero-order valence-electron chi connectivity index (χ0n) is 15.4. The van der Waals surface area contributed by atoms with E-state index in [0.29, 0.717) is 10.9 Å². The van der Waals surface area contributed by atoms with Crippen molar-refractivity contribution >= 4 is 26.7 Å². The zero-order chi connectivity index (χ0) is 19.9. The molecule has 0 unspecified atom stereocenters. The number of hydrogen-bond acceptors (Lipinski definition) is 4. The highest BCUT2D eigenvalue weighted by Gasteiger charge is 2.22. The molecule has 4 rings (SSSR count). The molecule has 0 aliphatic heterocycles. The highest BCUT2D eigenvalue weighted by molar-refractivity contribution is 7.90. The van der Waals surface area contributed by atoms with E-state index in [1.54, 1.807) is 30.5 Å². The Labute approximate surface area is 162 Å². The standard InChI is InChI=1S/C21H18FN3O2S/c1-24(2)21-11-8-15(13-23-21)19-14-25(20-12-16(22)9-10-18(19)20)28(26,27)17-6-4-3-5-7-17/h3-14H,1-2H3. The van der Waals surface area contributed by atoms with Crippen LogP contribution >= 0.6 is 0 Å². The van der Waals surface area contributed by atoms with Gasteiger partial charge in [0.1, 0.15) is 11.6 Å². The molecule has 5 nitrogen and oxygen atoms in total. The molecular weight excluding hydrogens is 377 g/mol.